The van der Waals surface area contributed by atoms with Crippen LogP contribution in [-0.4, -0.2) is 41.8 Å². The Kier molecular flexibility index (Phi) is 5.17. The summed E-state index contributed by atoms with van der Waals surface area (Å²) in [7, 11) is 0. The van der Waals surface area contributed by atoms with E-state index in [2.05, 4.69) is 4.98 Å². The summed E-state index contributed by atoms with van der Waals surface area (Å²) >= 11 is 0. The smallest absolute Gasteiger partial charge is 0.339 e. The highest BCUT2D eigenvalue weighted by molar-refractivity contribution is 5.97. The van der Waals surface area contributed by atoms with Crippen molar-refractivity contribution in [1.29, 1.82) is 0 Å². The van der Waals surface area contributed by atoms with Gasteiger partial charge in [0.05, 0.1) is 23.4 Å². The predicted molar refractivity (Wildman–Crippen MR) is 93.5 cm³/mol. The van der Waals surface area contributed by atoms with Gasteiger partial charge in [0.2, 0.25) is 0 Å². The Balaban J connectivity index is 1.93. The lowest BCUT2D eigenvalue weighted by Crippen LogP contribution is -2.15. The molecule has 3 rings (SSSR count). The molecule has 2 heterocycles. The second kappa shape index (κ2) is 7.69. The van der Waals surface area contributed by atoms with E-state index in [0.29, 0.717) is 24.7 Å². The molecule has 0 spiro atoms. The first-order valence-electron chi connectivity index (χ1n) is 8.07. The van der Waals surface area contributed by atoms with Gasteiger partial charge in [0, 0.05) is 11.8 Å². The van der Waals surface area contributed by atoms with Crippen LogP contribution in [0, 0.1) is 0 Å². The fraction of sp³-hybridized carbons (Fsp3) is 0.211. The molecule has 0 saturated heterocycles. The van der Waals surface area contributed by atoms with E-state index < -0.39 is 11.9 Å². The van der Waals surface area contributed by atoms with Crippen LogP contribution in [0.25, 0.3) is 12.2 Å². The summed E-state index contributed by atoms with van der Waals surface area (Å²) in [5, 5.41) is 9.42. The number of carbonyl (C=O) groups is 2. The van der Waals surface area contributed by atoms with Gasteiger partial charge < -0.3 is 19.3 Å². The minimum atomic E-state index is -1.18. The molecule has 26 heavy (non-hydrogen) atoms. The van der Waals surface area contributed by atoms with Crippen LogP contribution in [0.15, 0.2) is 30.5 Å². The van der Waals surface area contributed by atoms with Crippen molar-refractivity contribution in [2.45, 2.75) is 6.92 Å². The van der Waals surface area contributed by atoms with E-state index in [-0.39, 0.29) is 23.4 Å². The number of ether oxygens (including phenoxy) is 3. The molecular formula is C19H17NO6. The number of nitrogens with zero attached hydrogens (tertiary/aromatic N) is 1. The summed E-state index contributed by atoms with van der Waals surface area (Å²) < 4.78 is 16.0. The monoisotopic (exact) mass is 355 g/mol. The largest absolute Gasteiger partial charge is 0.486 e. The zero-order valence-corrected chi connectivity index (χ0v) is 14.1. The molecule has 0 aliphatic carbocycles. The highest BCUT2D eigenvalue weighted by Gasteiger charge is 2.17. The first-order chi connectivity index (χ1) is 12.6. The lowest BCUT2D eigenvalue weighted by atomic mass is 10.1. The molecule has 0 atom stereocenters. The maximum absolute atomic E-state index is 11.8. The molecule has 2 aromatic rings. The van der Waals surface area contributed by atoms with Crippen LogP contribution in [0.2, 0.25) is 0 Å². The Labute approximate surface area is 149 Å². The molecule has 1 N–H and O–H groups in total. The van der Waals surface area contributed by atoms with Crippen molar-refractivity contribution in [3.8, 4) is 11.5 Å². The third-order valence-electron chi connectivity index (χ3n) is 3.68. The van der Waals surface area contributed by atoms with Gasteiger partial charge in [-0.25, -0.2) is 9.59 Å². The number of aromatic nitrogens is 1. The summed E-state index contributed by atoms with van der Waals surface area (Å²) in [5.41, 5.74) is 0.971. The highest BCUT2D eigenvalue weighted by Crippen LogP contribution is 2.34. The van der Waals surface area contributed by atoms with E-state index in [0.717, 1.165) is 5.56 Å². The summed E-state index contributed by atoms with van der Waals surface area (Å²) in [5.74, 6) is -0.545. The Morgan fingerprint density at radius 2 is 2.08 bits per heavy atom. The highest BCUT2D eigenvalue weighted by atomic mass is 16.6. The number of aromatic carboxylic acids is 1. The van der Waals surface area contributed by atoms with Gasteiger partial charge in [-0.1, -0.05) is 12.1 Å². The topological polar surface area (TPSA) is 95.0 Å². The number of hydrogen-bond donors (Lipinski definition) is 1. The first-order valence-corrected chi connectivity index (χ1v) is 8.07. The lowest BCUT2D eigenvalue weighted by molar-refractivity contribution is 0.0526. The molecule has 0 amide bonds. The Morgan fingerprint density at radius 1 is 1.27 bits per heavy atom. The van der Waals surface area contributed by atoms with Crippen molar-refractivity contribution in [3.05, 3.63) is 52.8 Å². The lowest BCUT2D eigenvalue weighted by Gasteiger charge is -2.19. The molecule has 1 aliphatic heterocycles. The molecular weight excluding hydrogens is 338 g/mol. The van der Waals surface area contributed by atoms with E-state index >= 15 is 0 Å². The van der Waals surface area contributed by atoms with Crippen LogP contribution in [0.3, 0.4) is 0 Å². The molecule has 7 nitrogen and oxygen atoms in total. The average Bonchev–Trinajstić information content (AvgIpc) is 2.66. The van der Waals surface area contributed by atoms with Crippen molar-refractivity contribution < 1.29 is 28.9 Å². The molecule has 7 heteroatoms. The van der Waals surface area contributed by atoms with Crippen molar-refractivity contribution in [2.75, 3.05) is 19.8 Å². The molecule has 134 valence electrons. The summed E-state index contributed by atoms with van der Waals surface area (Å²) in [4.78, 5) is 27.4. The van der Waals surface area contributed by atoms with Gasteiger partial charge in [0.15, 0.2) is 11.5 Å². The second-order valence-electron chi connectivity index (χ2n) is 5.39. The van der Waals surface area contributed by atoms with Crippen LogP contribution in [0.1, 0.15) is 38.9 Å². The minimum absolute atomic E-state index is 0.0891. The fourth-order valence-electron chi connectivity index (χ4n) is 2.50. The summed E-state index contributed by atoms with van der Waals surface area (Å²) in [6.07, 6.45) is 4.56. The third kappa shape index (κ3) is 3.66. The Bertz CT molecular complexity index is 874. The average molecular weight is 355 g/mol. The Morgan fingerprint density at radius 3 is 2.85 bits per heavy atom. The molecule has 1 aromatic heterocycles. The normalized spacial score (nSPS) is 12.8. The van der Waals surface area contributed by atoms with E-state index in [1.807, 2.05) is 12.1 Å². The number of carboxylic acids is 1. The van der Waals surface area contributed by atoms with Crippen LogP contribution in [0.5, 0.6) is 11.5 Å². The molecule has 1 aromatic carbocycles. The number of rotatable bonds is 5. The number of benzene rings is 1. The van der Waals surface area contributed by atoms with Gasteiger partial charge in [0.25, 0.3) is 0 Å². The van der Waals surface area contributed by atoms with Gasteiger partial charge in [0.1, 0.15) is 13.2 Å². The van der Waals surface area contributed by atoms with Gasteiger partial charge in [-0.05, 0) is 31.2 Å². The van der Waals surface area contributed by atoms with E-state index in [1.54, 1.807) is 25.1 Å². The van der Waals surface area contributed by atoms with E-state index in [1.165, 1.54) is 12.3 Å². The van der Waals surface area contributed by atoms with Gasteiger partial charge in [-0.15, -0.1) is 0 Å². The van der Waals surface area contributed by atoms with Crippen molar-refractivity contribution in [3.63, 3.8) is 0 Å². The van der Waals surface area contributed by atoms with Crippen molar-refractivity contribution in [1.82, 2.24) is 4.98 Å². The summed E-state index contributed by atoms with van der Waals surface area (Å²) in [6, 6.07) is 6.72. The van der Waals surface area contributed by atoms with Gasteiger partial charge in [-0.3, -0.25) is 4.98 Å². The molecule has 0 saturated carbocycles. The number of carbonyl (C=O) groups excluding carboxylic acids is 1. The summed E-state index contributed by atoms with van der Waals surface area (Å²) in [6.45, 7) is 2.81. The van der Waals surface area contributed by atoms with E-state index in [4.69, 9.17) is 14.2 Å². The van der Waals surface area contributed by atoms with Crippen molar-refractivity contribution in [2.24, 2.45) is 0 Å². The minimum Gasteiger partial charge on any atom is -0.486 e. The van der Waals surface area contributed by atoms with Crippen LogP contribution < -0.4 is 9.47 Å². The molecule has 0 fully saturated rings. The number of hydrogen-bond acceptors (Lipinski definition) is 6. The predicted octanol–water partition coefficient (Wildman–Crippen LogP) is 2.90. The van der Waals surface area contributed by atoms with Crippen LogP contribution in [-0.2, 0) is 4.74 Å². The van der Waals surface area contributed by atoms with E-state index in [9.17, 15) is 14.7 Å². The number of carboxylic acid groups (broad SMARTS) is 1. The fourth-order valence-corrected chi connectivity index (χ4v) is 2.50. The quantitative estimate of drug-likeness (QED) is 0.824. The SMILES string of the molecule is CCOC(=O)c1cnc(/C=C/c2cccc3c2OCCO3)c(C(=O)O)c1. The van der Waals surface area contributed by atoms with Gasteiger partial charge in [-0.2, -0.15) is 0 Å². The zero-order chi connectivity index (χ0) is 18.5. The maximum Gasteiger partial charge on any atom is 0.339 e. The standard InChI is InChI=1S/C19H17NO6/c1-2-24-19(23)13-10-14(18(21)22)15(20-11-13)7-6-12-4-3-5-16-17(12)26-9-8-25-16/h3-7,10-11H,2,8-9H2,1H3,(H,21,22)/b7-6+. The third-order valence-corrected chi connectivity index (χ3v) is 3.68. The number of pyridine rings is 1. The molecule has 0 unspecified atom stereocenters. The van der Waals surface area contributed by atoms with Crippen LogP contribution in [0.4, 0.5) is 0 Å². The van der Waals surface area contributed by atoms with Crippen LogP contribution >= 0.6 is 0 Å². The number of para-hydroxylation sites is 1. The molecule has 0 bridgehead atoms. The molecule has 1 aliphatic rings. The number of esters is 1. The number of fused-ring (bicyclic) bond motifs is 1. The first kappa shape index (κ1) is 17.5. The molecule has 0 radical (unpaired) electrons. The Hall–Kier alpha value is -3.35. The van der Waals surface area contributed by atoms with Gasteiger partial charge >= 0.3 is 11.9 Å². The van der Waals surface area contributed by atoms with Crippen molar-refractivity contribution >= 4 is 24.1 Å². The second-order valence-corrected chi connectivity index (χ2v) is 5.39. The zero-order valence-electron chi connectivity index (χ0n) is 14.1. The maximum atomic E-state index is 11.8.